The van der Waals surface area contributed by atoms with Crippen LogP contribution < -0.4 is 15.4 Å². The molecule has 0 saturated carbocycles. The zero-order valence-corrected chi connectivity index (χ0v) is 11.6. The van der Waals surface area contributed by atoms with Crippen molar-refractivity contribution in [1.29, 1.82) is 0 Å². The van der Waals surface area contributed by atoms with E-state index in [1.807, 2.05) is 24.8 Å². The van der Waals surface area contributed by atoms with Gasteiger partial charge < -0.3 is 15.4 Å². The molecule has 0 unspecified atom stereocenters. The topological polar surface area (TPSA) is 51.4 Å². The lowest BCUT2D eigenvalue weighted by Crippen LogP contribution is -2.18. The van der Waals surface area contributed by atoms with Crippen LogP contribution in [0.5, 0.6) is 5.88 Å². The molecule has 1 aromatic heterocycles. The zero-order chi connectivity index (χ0) is 14.5. The number of aromatic nitrogens is 1. The number of benzene rings is 1. The number of anilines is 3. The summed E-state index contributed by atoms with van der Waals surface area (Å²) in [4.78, 5) is 6.29. The predicted molar refractivity (Wildman–Crippen MR) is 78.9 cm³/mol. The van der Waals surface area contributed by atoms with Crippen molar-refractivity contribution in [3.63, 3.8) is 0 Å². The third-order valence-electron chi connectivity index (χ3n) is 2.87. The largest absolute Gasteiger partial charge is 0.476 e. The average molecular weight is 275 g/mol. The Hall–Kier alpha value is -2.30. The first kappa shape index (κ1) is 14.1. The quantitative estimate of drug-likeness (QED) is 0.909. The lowest BCUT2D eigenvalue weighted by Gasteiger charge is -2.23. The van der Waals surface area contributed by atoms with E-state index >= 15 is 0 Å². The normalized spacial score (nSPS) is 10.3. The van der Waals surface area contributed by atoms with Gasteiger partial charge in [-0.3, -0.25) is 0 Å². The first-order valence-corrected chi connectivity index (χ1v) is 6.58. The molecule has 0 aliphatic heterocycles. The van der Waals surface area contributed by atoms with Crippen LogP contribution in [0.2, 0.25) is 0 Å². The molecule has 2 rings (SSSR count). The predicted octanol–water partition coefficient (Wildman–Crippen LogP) is 3.36. The molecule has 20 heavy (non-hydrogen) atoms. The van der Waals surface area contributed by atoms with Gasteiger partial charge in [-0.05, 0) is 44.2 Å². The molecule has 0 bridgehead atoms. The van der Waals surface area contributed by atoms with Crippen molar-refractivity contribution < 1.29 is 9.13 Å². The molecule has 0 saturated heterocycles. The van der Waals surface area contributed by atoms with E-state index in [2.05, 4.69) is 4.98 Å². The van der Waals surface area contributed by atoms with E-state index in [1.165, 1.54) is 12.1 Å². The molecule has 0 amide bonds. The molecule has 1 aromatic carbocycles. The summed E-state index contributed by atoms with van der Waals surface area (Å²) in [5.41, 5.74) is 7.05. The number of halogens is 1. The monoisotopic (exact) mass is 275 g/mol. The third-order valence-corrected chi connectivity index (χ3v) is 2.87. The van der Waals surface area contributed by atoms with Crippen LogP contribution in [0.15, 0.2) is 36.4 Å². The highest BCUT2D eigenvalue weighted by molar-refractivity contribution is 5.63. The molecule has 0 spiro atoms. The molecule has 0 atom stereocenters. The molecule has 5 heteroatoms. The maximum absolute atomic E-state index is 13.4. The average Bonchev–Trinajstić information content (AvgIpc) is 2.43. The molecule has 0 fully saturated rings. The summed E-state index contributed by atoms with van der Waals surface area (Å²) in [6, 6.07) is 9.95. The SMILES string of the molecule is CCOc1nc(N(CC)c2cccc(F)c2)ccc1N. The molecule has 0 aliphatic carbocycles. The number of rotatable bonds is 5. The Bertz CT molecular complexity index is 589. The minimum absolute atomic E-state index is 0.276. The van der Waals surface area contributed by atoms with E-state index in [9.17, 15) is 4.39 Å². The minimum Gasteiger partial charge on any atom is -0.476 e. The molecular weight excluding hydrogens is 257 g/mol. The lowest BCUT2D eigenvalue weighted by molar-refractivity contribution is 0.329. The Morgan fingerprint density at radius 2 is 2.05 bits per heavy atom. The van der Waals surface area contributed by atoms with E-state index in [4.69, 9.17) is 10.5 Å². The summed E-state index contributed by atoms with van der Waals surface area (Å²) in [6.07, 6.45) is 0. The summed E-state index contributed by atoms with van der Waals surface area (Å²) in [7, 11) is 0. The highest BCUT2D eigenvalue weighted by Crippen LogP contribution is 2.28. The van der Waals surface area contributed by atoms with Gasteiger partial charge in [0.15, 0.2) is 0 Å². The maximum atomic E-state index is 13.4. The van der Waals surface area contributed by atoms with Gasteiger partial charge in [0.1, 0.15) is 11.6 Å². The molecule has 1 heterocycles. The van der Waals surface area contributed by atoms with E-state index in [0.29, 0.717) is 30.5 Å². The van der Waals surface area contributed by atoms with E-state index in [-0.39, 0.29) is 5.82 Å². The van der Waals surface area contributed by atoms with Gasteiger partial charge in [-0.1, -0.05) is 6.07 Å². The van der Waals surface area contributed by atoms with Gasteiger partial charge in [-0.15, -0.1) is 0 Å². The van der Waals surface area contributed by atoms with Crippen LogP contribution >= 0.6 is 0 Å². The number of nitrogen functional groups attached to an aromatic ring is 1. The second-order valence-corrected chi connectivity index (χ2v) is 4.22. The maximum Gasteiger partial charge on any atom is 0.239 e. The standard InChI is InChI=1S/C15H18FN3O/c1-3-19(12-7-5-6-11(16)10-12)14-9-8-13(17)15(18-14)20-4-2/h5-10H,3-4,17H2,1-2H3. The zero-order valence-electron chi connectivity index (χ0n) is 11.6. The van der Waals surface area contributed by atoms with Crippen molar-refractivity contribution in [3.05, 3.63) is 42.2 Å². The summed E-state index contributed by atoms with van der Waals surface area (Å²) < 4.78 is 18.7. The Morgan fingerprint density at radius 1 is 1.25 bits per heavy atom. The lowest BCUT2D eigenvalue weighted by atomic mass is 10.2. The summed E-state index contributed by atoms with van der Waals surface area (Å²) >= 11 is 0. The van der Waals surface area contributed by atoms with Crippen LogP contribution in [0.4, 0.5) is 21.6 Å². The fraction of sp³-hybridized carbons (Fsp3) is 0.267. The second-order valence-electron chi connectivity index (χ2n) is 4.22. The molecule has 0 radical (unpaired) electrons. The smallest absolute Gasteiger partial charge is 0.239 e. The van der Waals surface area contributed by atoms with Crippen molar-refractivity contribution in [2.24, 2.45) is 0 Å². The van der Waals surface area contributed by atoms with Crippen molar-refractivity contribution in [2.45, 2.75) is 13.8 Å². The van der Waals surface area contributed by atoms with Crippen molar-refractivity contribution >= 4 is 17.2 Å². The van der Waals surface area contributed by atoms with Gasteiger partial charge in [0.05, 0.1) is 12.3 Å². The fourth-order valence-electron chi connectivity index (χ4n) is 1.96. The molecule has 0 aliphatic rings. The summed E-state index contributed by atoms with van der Waals surface area (Å²) in [5.74, 6) is 0.803. The van der Waals surface area contributed by atoms with Gasteiger partial charge >= 0.3 is 0 Å². The number of ether oxygens (including phenoxy) is 1. The van der Waals surface area contributed by atoms with Gasteiger partial charge in [0.25, 0.3) is 0 Å². The van der Waals surface area contributed by atoms with Crippen LogP contribution in [-0.4, -0.2) is 18.1 Å². The van der Waals surface area contributed by atoms with Crippen molar-refractivity contribution in [2.75, 3.05) is 23.8 Å². The van der Waals surface area contributed by atoms with E-state index < -0.39 is 0 Å². The fourth-order valence-corrected chi connectivity index (χ4v) is 1.96. The van der Waals surface area contributed by atoms with Crippen LogP contribution in [-0.2, 0) is 0 Å². The highest BCUT2D eigenvalue weighted by Gasteiger charge is 2.12. The van der Waals surface area contributed by atoms with E-state index in [0.717, 1.165) is 5.69 Å². The molecule has 2 N–H and O–H groups in total. The first-order chi connectivity index (χ1) is 9.65. The third kappa shape index (κ3) is 2.99. The number of nitrogens with zero attached hydrogens (tertiary/aromatic N) is 2. The number of hydrogen-bond donors (Lipinski definition) is 1. The minimum atomic E-state index is -0.276. The van der Waals surface area contributed by atoms with Gasteiger partial charge in [-0.2, -0.15) is 4.98 Å². The Labute approximate surface area is 118 Å². The molecular formula is C15H18FN3O. The number of hydrogen-bond acceptors (Lipinski definition) is 4. The second kappa shape index (κ2) is 6.23. The summed E-state index contributed by atoms with van der Waals surface area (Å²) in [5, 5.41) is 0. The number of nitrogens with two attached hydrogens (primary N) is 1. The molecule has 4 nitrogen and oxygen atoms in total. The Kier molecular flexibility index (Phi) is 4.40. The van der Waals surface area contributed by atoms with Gasteiger partial charge in [0, 0.05) is 12.2 Å². The van der Waals surface area contributed by atoms with Crippen LogP contribution in [0, 0.1) is 5.82 Å². The van der Waals surface area contributed by atoms with Crippen LogP contribution in [0.3, 0.4) is 0 Å². The summed E-state index contributed by atoms with van der Waals surface area (Å²) in [6.45, 7) is 5.00. The molecule has 106 valence electrons. The number of pyridine rings is 1. The Balaban J connectivity index is 2.39. The van der Waals surface area contributed by atoms with Gasteiger partial charge in [0.2, 0.25) is 5.88 Å². The first-order valence-electron chi connectivity index (χ1n) is 6.58. The van der Waals surface area contributed by atoms with Crippen molar-refractivity contribution in [1.82, 2.24) is 4.98 Å². The highest BCUT2D eigenvalue weighted by atomic mass is 19.1. The molecule has 2 aromatic rings. The van der Waals surface area contributed by atoms with Crippen molar-refractivity contribution in [3.8, 4) is 5.88 Å². The van der Waals surface area contributed by atoms with E-state index in [1.54, 1.807) is 18.2 Å². The van der Waals surface area contributed by atoms with Crippen LogP contribution in [0.1, 0.15) is 13.8 Å². The Morgan fingerprint density at radius 3 is 2.70 bits per heavy atom. The van der Waals surface area contributed by atoms with Gasteiger partial charge in [-0.25, -0.2) is 4.39 Å². The van der Waals surface area contributed by atoms with Crippen LogP contribution in [0.25, 0.3) is 0 Å².